The van der Waals surface area contributed by atoms with Crippen LogP contribution in [0.25, 0.3) is 0 Å². The second kappa shape index (κ2) is 6.07. The maximum Gasteiger partial charge on any atom is 0.138 e. The van der Waals surface area contributed by atoms with Crippen LogP contribution in [0.4, 0.5) is 5.82 Å². The van der Waals surface area contributed by atoms with Crippen molar-refractivity contribution < 1.29 is 0 Å². The summed E-state index contributed by atoms with van der Waals surface area (Å²) in [6.45, 7) is 6.07. The number of nitrogens with one attached hydrogen (secondary N) is 1. The van der Waals surface area contributed by atoms with Gasteiger partial charge >= 0.3 is 0 Å². The van der Waals surface area contributed by atoms with Gasteiger partial charge in [-0.2, -0.15) is 5.10 Å². The van der Waals surface area contributed by atoms with Crippen LogP contribution in [0, 0.1) is 6.92 Å². The third-order valence-electron chi connectivity index (χ3n) is 1.49. The molecule has 3 N–H and O–H groups in total. The van der Waals surface area contributed by atoms with E-state index in [2.05, 4.69) is 24.4 Å². The van der Waals surface area contributed by atoms with E-state index in [0.717, 1.165) is 11.5 Å². The van der Waals surface area contributed by atoms with E-state index in [1.165, 1.54) is 0 Å². The lowest BCUT2D eigenvalue weighted by molar-refractivity contribution is 0.534. The molecule has 0 aliphatic carbocycles. The molecule has 0 bridgehead atoms. The van der Waals surface area contributed by atoms with Gasteiger partial charge in [-0.15, -0.1) is 24.8 Å². The number of anilines is 1. The minimum absolute atomic E-state index is 0. The van der Waals surface area contributed by atoms with Crippen molar-refractivity contribution >= 4 is 30.6 Å². The van der Waals surface area contributed by atoms with Gasteiger partial charge in [0.25, 0.3) is 0 Å². The third-order valence-corrected chi connectivity index (χ3v) is 1.49. The van der Waals surface area contributed by atoms with Crippen LogP contribution in [0.1, 0.15) is 25.6 Å². The number of halogens is 2. The molecule has 6 heteroatoms. The second-order valence-corrected chi connectivity index (χ2v) is 2.85. The van der Waals surface area contributed by atoms with Gasteiger partial charge in [-0.3, -0.25) is 0 Å². The summed E-state index contributed by atoms with van der Waals surface area (Å²) in [7, 11) is 0. The number of rotatable bonds is 2. The highest BCUT2D eigenvalue weighted by molar-refractivity contribution is 5.85. The first kappa shape index (κ1) is 15.0. The number of hydrogen-bond acceptors (Lipinski definition) is 3. The Balaban J connectivity index is 0. The van der Waals surface area contributed by atoms with Gasteiger partial charge < -0.3 is 5.43 Å². The molecule has 0 saturated carbocycles. The number of nitrogens with two attached hydrogens (primary N) is 1. The minimum atomic E-state index is 0. The Morgan fingerprint density at radius 3 is 2.31 bits per heavy atom. The summed E-state index contributed by atoms with van der Waals surface area (Å²) in [5.74, 6) is 6.15. The Morgan fingerprint density at radius 1 is 1.46 bits per heavy atom. The molecule has 0 atom stereocenters. The molecule has 0 fully saturated rings. The SMILES string of the molecule is Cc1cc(NN)n(C(C)C)n1.Cl.Cl. The van der Waals surface area contributed by atoms with Crippen molar-refractivity contribution in [2.75, 3.05) is 5.43 Å². The zero-order valence-electron chi connectivity index (χ0n) is 7.94. The van der Waals surface area contributed by atoms with Crippen molar-refractivity contribution in [3.8, 4) is 0 Å². The van der Waals surface area contributed by atoms with Crippen LogP contribution in [0.2, 0.25) is 0 Å². The number of aryl methyl sites for hydroxylation is 1. The fourth-order valence-corrected chi connectivity index (χ4v) is 1.02. The van der Waals surface area contributed by atoms with Crippen molar-refractivity contribution in [1.82, 2.24) is 9.78 Å². The maximum absolute atomic E-state index is 5.29. The molecule has 0 aliphatic rings. The number of nitrogens with zero attached hydrogens (tertiary/aromatic N) is 2. The summed E-state index contributed by atoms with van der Waals surface area (Å²) < 4.78 is 1.86. The molecular formula is C7H16Cl2N4. The normalized spacial score (nSPS) is 9.00. The molecule has 1 aromatic rings. The summed E-state index contributed by atoms with van der Waals surface area (Å²) in [6.07, 6.45) is 0. The van der Waals surface area contributed by atoms with Crippen molar-refractivity contribution in [3.05, 3.63) is 11.8 Å². The summed E-state index contributed by atoms with van der Waals surface area (Å²) in [6, 6.07) is 2.26. The Hall–Kier alpha value is -0.450. The van der Waals surface area contributed by atoms with Gasteiger partial charge in [0, 0.05) is 12.1 Å². The molecule has 1 heterocycles. The number of aromatic nitrogens is 2. The monoisotopic (exact) mass is 226 g/mol. The predicted molar refractivity (Wildman–Crippen MR) is 59.7 cm³/mol. The van der Waals surface area contributed by atoms with Gasteiger partial charge in [-0.05, 0) is 20.8 Å². The minimum Gasteiger partial charge on any atom is -0.309 e. The second-order valence-electron chi connectivity index (χ2n) is 2.85. The van der Waals surface area contributed by atoms with Gasteiger partial charge in [-0.25, -0.2) is 10.5 Å². The first-order valence-electron chi connectivity index (χ1n) is 3.68. The van der Waals surface area contributed by atoms with Gasteiger partial charge in [0.05, 0.1) is 5.69 Å². The van der Waals surface area contributed by atoms with E-state index in [9.17, 15) is 0 Å². The van der Waals surface area contributed by atoms with Crippen LogP contribution in [-0.2, 0) is 0 Å². The first-order valence-corrected chi connectivity index (χ1v) is 3.68. The molecule has 13 heavy (non-hydrogen) atoms. The van der Waals surface area contributed by atoms with E-state index in [0.29, 0.717) is 6.04 Å². The average Bonchev–Trinajstić information content (AvgIpc) is 2.30. The van der Waals surface area contributed by atoms with Crippen LogP contribution in [-0.4, -0.2) is 9.78 Å². The number of nitrogen functional groups attached to an aromatic ring is 1. The molecule has 0 aromatic carbocycles. The van der Waals surface area contributed by atoms with Gasteiger partial charge in [0.15, 0.2) is 0 Å². The Bertz CT molecular complexity index is 247. The van der Waals surface area contributed by atoms with Gasteiger partial charge in [0.1, 0.15) is 5.82 Å². The van der Waals surface area contributed by atoms with Crippen LogP contribution in [0.3, 0.4) is 0 Å². The first-order chi connectivity index (χ1) is 5.15. The largest absolute Gasteiger partial charge is 0.309 e. The maximum atomic E-state index is 5.29. The highest BCUT2D eigenvalue weighted by Gasteiger charge is 2.05. The molecule has 0 radical (unpaired) electrons. The van der Waals surface area contributed by atoms with Crippen molar-refractivity contribution in [2.24, 2.45) is 5.84 Å². The highest BCUT2D eigenvalue weighted by atomic mass is 35.5. The standard InChI is InChI=1S/C7H14N4.2ClH/c1-5(2)11-7(9-8)4-6(3)10-11;;/h4-5,9H,8H2,1-3H3;2*1H. The quantitative estimate of drug-likeness (QED) is 0.599. The molecular weight excluding hydrogens is 211 g/mol. The lowest BCUT2D eigenvalue weighted by Crippen LogP contribution is -2.14. The highest BCUT2D eigenvalue weighted by Crippen LogP contribution is 2.13. The molecule has 0 unspecified atom stereocenters. The zero-order chi connectivity index (χ0) is 8.43. The lowest BCUT2D eigenvalue weighted by atomic mass is 10.4. The molecule has 0 saturated heterocycles. The molecule has 4 nitrogen and oxygen atoms in total. The Morgan fingerprint density at radius 2 is 2.00 bits per heavy atom. The zero-order valence-corrected chi connectivity index (χ0v) is 9.58. The Labute approximate surface area is 90.7 Å². The van der Waals surface area contributed by atoms with E-state index in [1.54, 1.807) is 0 Å². The summed E-state index contributed by atoms with van der Waals surface area (Å²) >= 11 is 0. The van der Waals surface area contributed by atoms with Crippen LogP contribution < -0.4 is 11.3 Å². The molecule has 1 rings (SSSR count). The van der Waals surface area contributed by atoms with E-state index in [1.807, 2.05) is 17.7 Å². The summed E-state index contributed by atoms with van der Waals surface area (Å²) in [5.41, 5.74) is 3.58. The third kappa shape index (κ3) is 3.42. The molecule has 0 amide bonds. The van der Waals surface area contributed by atoms with Crippen LogP contribution >= 0.6 is 24.8 Å². The van der Waals surface area contributed by atoms with E-state index >= 15 is 0 Å². The van der Waals surface area contributed by atoms with Gasteiger partial charge in [-0.1, -0.05) is 0 Å². The van der Waals surface area contributed by atoms with Crippen molar-refractivity contribution in [2.45, 2.75) is 26.8 Å². The van der Waals surface area contributed by atoms with Crippen molar-refractivity contribution in [1.29, 1.82) is 0 Å². The fraction of sp³-hybridized carbons (Fsp3) is 0.571. The predicted octanol–water partition coefficient (Wildman–Crippen LogP) is 1.90. The van der Waals surface area contributed by atoms with E-state index in [4.69, 9.17) is 5.84 Å². The molecule has 0 spiro atoms. The molecule has 1 aromatic heterocycles. The molecule has 0 aliphatic heterocycles. The Kier molecular flexibility index (Phi) is 7.03. The lowest BCUT2D eigenvalue weighted by Gasteiger charge is -2.08. The van der Waals surface area contributed by atoms with Crippen molar-refractivity contribution in [3.63, 3.8) is 0 Å². The smallest absolute Gasteiger partial charge is 0.138 e. The van der Waals surface area contributed by atoms with Crippen LogP contribution in [0.15, 0.2) is 6.07 Å². The molecule has 78 valence electrons. The summed E-state index contributed by atoms with van der Waals surface area (Å²) in [5, 5.41) is 4.26. The summed E-state index contributed by atoms with van der Waals surface area (Å²) in [4.78, 5) is 0. The number of hydrogen-bond donors (Lipinski definition) is 2. The van der Waals surface area contributed by atoms with E-state index < -0.39 is 0 Å². The average molecular weight is 227 g/mol. The fourth-order valence-electron chi connectivity index (χ4n) is 1.02. The van der Waals surface area contributed by atoms with E-state index in [-0.39, 0.29) is 24.8 Å². The number of hydrazine groups is 1. The van der Waals surface area contributed by atoms with Crippen LogP contribution in [0.5, 0.6) is 0 Å². The topological polar surface area (TPSA) is 55.9 Å². The van der Waals surface area contributed by atoms with Gasteiger partial charge in [0.2, 0.25) is 0 Å².